The number of nitrogens with two attached hydrogens (primary N) is 1. The Bertz CT molecular complexity index is 175. The van der Waals surface area contributed by atoms with Crippen molar-refractivity contribution in [2.45, 2.75) is 32.2 Å². The summed E-state index contributed by atoms with van der Waals surface area (Å²) in [5, 5.41) is 0. The maximum atomic E-state index is 5.95. The largest absolute Gasteiger partial charge is 0.322 e. The molecule has 1 heteroatoms. The zero-order valence-corrected chi connectivity index (χ0v) is 6.72. The lowest BCUT2D eigenvalue weighted by Crippen LogP contribution is -2.33. The molecule has 0 fully saturated rings. The van der Waals surface area contributed by atoms with Crippen molar-refractivity contribution < 1.29 is 0 Å². The average molecular weight is 137 g/mol. The van der Waals surface area contributed by atoms with E-state index in [9.17, 15) is 0 Å². The normalized spacial score (nSPS) is 33.3. The standard InChI is InChI=1S/C9H15N/c1-8-5-3-4-6-9(2,10)7-8/h3,5,7H,4,6,10H2,1-2H3. The molecule has 0 heterocycles. The molecule has 0 amide bonds. The molecule has 56 valence electrons. The van der Waals surface area contributed by atoms with Gasteiger partial charge in [-0.3, -0.25) is 0 Å². The van der Waals surface area contributed by atoms with E-state index in [0.29, 0.717) is 0 Å². The minimum Gasteiger partial charge on any atom is -0.322 e. The smallest absolute Gasteiger partial charge is 0.0318 e. The van der Waals surface area contributed by atoms with Crippen LogP contribution >= 0.6 is 0 Å². The SMILES string of the molecule is CC1=CC(C)(N)CCC=C1. The zero-order valence-electron chi connectivity index (χ0n) is 6.72. The fraction of sp³-hybridized carbons (Fsp3) is 0.556. The van der Waals surface area contributed by atoms with Crippen molar-refractivity contribution >= 4 is 0 Å². The summed E-state index contributed by atoms with van der Waals surface area (Å²) in [4.78, 5) is 0. The molecule has 0 aliphatic heterocycles. The third kappa shape index (κ3) is 1.99. The maximum absolute atomic E-state index is 5.95. The van der Waals surface area contributed by atoms with Crippen molar-refractivity contribution in [3.8, 4) is 0 Å². The molecule has 1 aliphatic carbocycles. The number of rotatable bonds is 0. The minimum atomic E-state index is -0.0897. The molecular formula is C9H15N. The van der Waals surface area contributed by atoms with Gasteiger partial charge in [-0.2, -0.15) is 0 Å². The Morgan fingerprint density at radius 1 is 1.60 bits per heavy atom. The van der Waals surface area contributed by atoms with E-state index in [0.717, 1.165) is 12.8 Å². The molecule has 2 N–H and O–H groups in total. The van der Waals surface area contributed by atoms with Gasteiger partial charge in [0, 0.05) is 5.54 Å². The van der Waals surface area contributed by atoms with Crippen LogP contribution in [0.2, 0.25) is 0 Å². The molecule has 1 nitrogen and oxygen atoms in total. The highest BCUT2D eigenvalue weighted by Crippen LogP contribution is 2.17. The highest BCUT2D eigenvalue weighted by molar-refractivity contribution is 5.23. The van der Waals surface area contributed by atoms with Gasteiger partial charge < -0.3 is 5.73 Å². The third-order valence-corrected chi connectivity index (χ3v) is 1.79. The summed E-state index contributed by atoms with van der Waals surface area (Å²) in [6.07, 6.45) is 8.61. The molecular weight excluding hydrogens is 122 g/mol. The Labute approximate surface area is 62.6 Å². The van der Waals surface area contributed by atoms with Gasteiger partial charge in [0.2, 0.25) is 0 Å². The van der Waals surface area contributed by atoms with Crippen molar-refractivity contribution in [2.75, 3.05) is 0 Å². The van der Waals surface area contributed by atoms with Crippen molar-refractivity contribution in [3.05, 3.63) is 23.8 Å². The molecule has 0 spiro atoms. The molecule has 0 aromatic rings. The van der Waals surface area contributed by atoms with Crippen LogP contribution in [0.3, 0.4) is 0 Å². The second-order valence-electron chi connectivity index (χ2n) is 3.34. The van der Waals surface area contributed by atoms with Gasteiger partial charge in [-0.05, 0) is 26.7 Å². The Balaban J connectivity index is 2.78. The summed E-state index contributed by atoms with van der Waals surface area (Å²) in [5.41, 5.74) is 7.14. The quantitative estimate of drug-likeness (QED) is 0.543. The van der Waals surface area contributed by atoms with Crippen LogP contribution in [0.1, 0.15) is 26.7 Å². The monoisotopic (exact) mass is 137 g/mol. The van der Waals surface area contributed by atoms with Crippen LogP contribution in [0.4, 0.5) is 0 Å². The molecule has 0 aromatic heterocycles. The summed E-state index contributed by atoms with van der Waals surface area (Å²) in [6, 6.07) is 0. The molecule has 0 radical (unpaired) electrons. The molecule has 1 aliphatic rings. The first-order valence-electron chi connectivity index (χ1n) is 3.75. The van der Waals surface area contributed by atoms with Crippen molar-refractivity contribution in [2.24, 2.45) is 5.73 Å². The van der Waals surface area contributed by atoms with Crippen LogP contribution in [0.5, 0.6) is 0 Å². The van der Waals surface area contributed by atoms with Gasteiger partial charge in [-0.1, -0.05) is 23.8 Å². The van der Waals surface area contributed by atoms with Crippen LogP contribution in [0, 0.1) is 0 Å². The van der Waals surface area contributed by atoms with E-state index in [1.165, 1.54) is 5.57 Å². The highest BCUT2D eigenvalue weighted by Gasteiger charge is 2.14. The lowest BCUT2D eigenvalue weighted by atomic mass is 9.97. The molecule has 1 atom stereocenters. The third-order valence-electron chi connectivity index (χ3n) is 1.79. The van der Waals surface area contributed by atoms with E-state index in [4.69, 9.17) is 5.73 Å². The van der Waals surface area contributed by atoms with Gasteiger partial charge in [0.25, 0.3) is 0 Å². The molecule has 0 saturated carbocycles. The molecule has 0 bridgehead atoms. The van der Waals surface area contributed by atoms with Gasteiger partial charge in [0.15, 0.2) is 0 Å². The average Bonchev–Trinajstić information content (AvgIpc) is 1.90. The fourth-order valence-corrected chi connectivity index (χ4v) is 1.30. The first-order chi connectivity index (χ1) is 4.60. The summed E-state index contributed by atoms with van der Waals surface area (Å²) >= 11 is 0. The molecule has 1 rings (SSSR count). The Hall–Kier alpha value is -0.560. The van der Waals surface area contributed by atoms with Gasteiger partial charge in [0.1, 0.15) is 0 Å². The summed E-state index contributed by atoms with van der Waals surface area (Å²) in [5.74, 6) is 0. The van der Waals surface area contributed by atoms with E-state index < -0.39 is 0 Å². The van der Waals surface area contributed by atoms with Crippen LogP contribution in [0.15, 0.2) is 23.8 Å². The predicted octanol–water partition coefficient (Wildman–Crippen LogP) is 2.00. The Morgan fingerprint density at radius 2 is 2.30 bits per heavy atom. The number of hydrogen-bond acceptors (Lipinski definition) is 1. The lowest BCUT2D eigenvalue weighted by molar-refractivity contribution is 0.541. The Kier molecular flexibility index (Phi) is 1.95. The summed E-state index contributed by atoms with van der Waals surface area (Å²) in [6.45, 7) is 4.16. The summed E-state index contributed by atoms with van der Waals surface area (Å²) in [7, 11) is 0. The van der Waals surface area contributed by atoms with Gasteiger partial charge in [0.05, 0.1) is 0 Å². The second kappa shape index (κ2) is 2.59. The highest BCUT2D eigenvalue weighted by atomic mass is 14.7. The van der Waals surface area contributed by atoms with Crippen LogP contribution in [-0.4, -0.2) is 5.54 Å². The lowest BCUT2D eigenvalue weighted by Gasteiger charge is -2.18. The van der Waals surface area contributed by atoms with Crippen LogP contribution in [-0.2, 0) is 0 Å². The van der Waals surface area contributed by atoms with Crippen LogP contribution < -0.4 is 5.73 Å². The minimum absolute atomic E-state index is 0.0897. The predicted molar refractivity (Wildman–Crippen MR) is 44.7 cm³/mol. The second-order valence-corrected chi connectivity index (χ2v) is 3.34. The fourth-order valence-electron chi connectivity index (χ4n) is 1.30. The Morgan fingerprint density at radius 3 is 3.00 bits per heavy atom. The molecule has 0 aromatic carbocycles. The summed E-state index contributed by atoms with van der Waals surface area (Å²) < 4.78 is 0. The van der Waals surface area contributed by atoms with E-state index >= 15 is 0 Å². The topological polar surface area (TPSA) is 26.0 Å². The van der Waals surface area contributed by atoms with Crippen LogP contribution in [0.25, 0.3) is 0 Å². The first kappa shape index (κ1) is 7.55. The molecule has 1 unspecified atom stereocenters. The molecule has 0 saturated heterocycles. The van der Waals surface area contributed by atoms with E-state index in [2.05, 4.69) is 32.1 Å². The van der Waals surface area contributed by atoms with E-state index in [1.54, 1.807) is 0 Å². The van der Waals surface area contributed by atoms with Gasteiger partial charge in [-0.25, -0.2) is 0 Å². The van der Waals surface area contributed by atoms with Crippen molar-refractivity contribution in [1.29, 1.82) is 0 Å². The van der Waals surface area contributed by atoms with Gasteiger partial charge in [-0.15, -0.1) is 0 Å². The maximum Gasteiger partial charge on any atom is 0.0318 e. The van der Waals surface area contributed by atoms with Gasteiger partial charge >= 0.3 is 0 Å². The zero-order chi connectivity index (χ0) is 7.61. The van der Waals surface area contributed by atoms with E-state index in [1.807, 2.05) is 0 Å². The van der Waals surface area contributed by atoms with Crippen molar-refractivity contribution in [3.63, 3.8) is 0 Å². The van der Waals surface area contributed by atoms with Crippen molar-refractivity contribution in [1.82, 2.24) is 0 Å². The molecule has 10 heavy (non-hydrogen) atoms. The number of allylic oxidation sites excluding steroid dienone is 3. The first-order valence-corrected chi connectivity index (χ1v) is 3.75. The van der Waals surface area contributed by atoms with E-state index in [-0.39, 0.29) is 5.54 Å². The number of hydrogen-bond donors (Lipinski definition) is 1.